The first-order valence-electron chi connectivity index (χ1n) is 14.5. The molecule has 11 heteroatoms. The minimum atomic E-state index is -1.33. The molecule has 230 valence electrons. The lowest BCUT2D eigenvalue weighted by molar-refractivity contribution is -0.131. The fraction of sp³-hybridized carbons (Fsp3) is 0.294. The van der Waals surface area contributed by atoms with Gasteiger partial charge in [-0.25, -0.2) is 9.29 Å². The molecule has 45 heavy (non-hydrogen) atoms. The molecule has 3 fully saturated rings. The van der Waals surface area contributed by atoms with Crippen molar-refractivity contribution in [2.75, 3.05) is 16.9 Å². The molecule has 0 aromatic heterocycles. The van der Waals surface area contributed by atoms with Gasteiger partial charge in [-0.3, -0.25) is 24.1 Å². The summed E-state index contributed by atoms with van der Waals surface area (Å²) in [4.78, 5) is 58.9. The van der Waals surface area contributed by atoms with Crippen LogP contribution in [0.15, 0.2) is 76.8 Å². The van der Waals surface area contributed by atoms with Gasteiger partial charge in [0.05, 0.1) is 46.7 Å². The number of halogens is 3. The van der Waals surface area contributed by atoms with Crippen LogP contribution in [-0.2, 0) is 19.2 Å². The number of carbonyl (C=O) groups is 4. The molecule has 4 aliphatic rings. The average Bonchev–Trinajstić information content (AvgIpc) is 3.38. The molecular formula is C34H27BrClFN2O6. The number of fused-ring (bicyclic) bond motifs is 4. The standard InChI is InChI=1S/C34H27BrClFN2O6/c1-34-23(31(42)39(33(34)44)19-8-11-25(37)24(36)14-19)15-22-20(29(34)16-3-12-27(45-2)26(40)13-16)9-10-21-28(22)32(43)38(30(21)41)18-6-4-17(35)5-7-18/h3-9,11-14,21-23,28-29,40H,10,15H2,1-2H3. The van der Waals surface area contributed by atoms with Gasteiger partial charge in [-0.2, -0.15) is 0 Å². The van der Waals surface area contributed by atoms with Gasteiger partial charge in [0.25, 0.3) is 0 Å². The van der Waals surface area contributed by atoms with Crippen LogP contribution in [0.5, 0.6) is 11.5 Å². The van der Waals surface area contributed by atoms with E-state index in [2.05, 4.69) is 15.9 Å². The fourth-order valence-electron chi connectivity index (χ4n) is 8.00. The quantitative estimate of drug-likeness (QED) is 0.251. The Labute approximate surface area is 271 Å². The highest BCUT2D eigenvalue weighted by molar-refractivity contribution is 9.10. The molecule has 2 aliphatic carbocycles. The second kappa shape index (κ2) is 10.5. The maximum absolute atomic E-state index is 14.5. The van der Waals surface area contributed by atoms with Gasteiger partial charge >= 0.3 is 0 Å². The summed E-state index contributed by atoms with van der Waals surface area (Å²) in [6.45, 7) is 1.73. The lowest BCUT2D eigenvalue weighted by Gasteiger charge is -2.49. The fourth-order valence-corrected chi connectivity index (χ4v) is 8.44. The monoisotopic (exact) mass is 692 g/mol. The van der Waals surface area contributed by atoms with Crippen molar-refractivity contribution in [3.8, 4) is 11.5 Å². The third-order valence-electron chi connectivity index (χ3n) is 10.1. The van der Waals surface area contributed by atoms with Crippen molar-refractivity contribution in [2.24, 2.45) is 29.1 Å². The molecule has 8 nitrogen and oxygen atoms in total. The molecule has 4 amide bonds. The number of benzene rings is 3. The Morgan fingerprint density at radius 2 is 1.64 bits per heavy atom. The number of carbonyl (C=O) groups excluding carboxylic acids is 4. The highest BCUT2D eigenvalue weighted by Gasteiger charge is 2.67. The Morgan fingerprint density at radius 3 is 2.31 bits per heavy atom. The van der Waals surface area contributed by atoms with Crippen molar-refractivity contribution >= 4 is 62.5 Å². The van der Waals surface area contributed by atoms with E-state index in [0.29, 0.717) is 11.3 Å². The van der Waals surface area contributed by atoms with E-state index in [1.54, 1.807) is 43.3 Å². The molecule has 2 heterocycles. The van der Waals surface area contributed by atoms with Crippen LogP contribution in [0.3, 0.4) is 0 Å². The summed E-state index contributed by atoms with van der Waals surface area (Å²) in [6, 6.07) is 15.5. The molecule has 1 saturated carbocycles. The van der Waals surface area contributed by atoms with Crippen LogP contribution < -0.4 is 14.5 Å². The topological polar surface area (TPSA) is 104 Å². The normalized spacial score (nSPS) is 29.0. The van der Waals surface area contributed by atoms with Crippen LogP contribution in [0.2, 0.25) is 5.02 Å². The Balaban J connectivity index is 1.37. The minimum absolute atomic E-state index is 0.140. The lowest BCUT2D eigenvalue weighted by Crippen LogP contribution is -2.48. The predicted octanol–water partition coefficient (Wildman–Crippen LogP) is 6.39. The van der Waals surface area contributed by atoms with Crippen LogP contribution in [0, 0.1) is 34.9 Å². The summed E-state index contributed by atoms with van der Waals surface area (Å²) in [5, 5.41) is 10.6. The zero-order valence-electron chi connectivity index (χ0n) is 24.2. The molecule has 6 atom stereocenters. The molecule has 3 aromatic carbocycles. The Kier molecular flexibility index (Phi) is 6.94. The van der Waals surface area contributed by atoms with E-state index < -0.39 is 52.6 Å². The summed E-state index contributed by atoms with van der Waals surface area (Å²) in [6.07, 6.45) is 2.38. The number of hydrogen-bond acceptors (Lipinski definition) is 6. The lowest BCUT2D eigenvalue weighted by atomic mass is 9.51. The van der Waals surface area contributed by atoms with Crippen LogP contribution in [0.1, 0.15) is 31.2 Å². The number of allylic oxidation sites excluding steroid dienone is 2. The van der Waals surface area contributed by atoms with Crippen LogP contribution >= 0.6 is 27.5 Å². The van der Waals surface area contributed by atoms with Crippen molar-refractivity contribution in [3.63, 3.8) is 0 Å². The van der Waals surface area contributed by atoms with Gasteiger partial charge in [-0.1, -0.05) is 45.2 Å². The smallest absolute Gasteiger partial charge is 0.241 e. The van der Waals surface area contributed by atoms with Crippen LogP contribution in [0.4, 0.5) is 15.8 Å². The van der Waals surface area contributed by atoms with Crippen molar-refractivity contribution in [1.29, 1.82) is 0 Å². The molecule has 2 saturated heterocycles. The number of phenols is 1. The van der Waals surface area contributed by atoms with Gasteiger partial charge in [0.2, 0.25) is 23.6 Å². The molecular weight excluding hydrogens is 667 g/mol. The van der Waals surface area contributed by atoms with Crippen molar-refractivity contribution in [1.82, 2.24) is 0 Å². The zero-order valence-corrected chi connectivity index (χ0v) is 26.5. The summed E-state index contributed by atoms with van der Waals surface area (Å²) >= 11 is 9.45. The van der Waals surface area contributed by atoms with E-state index in [0.717, 1.165) is 21.0 Å². The second-order valence-electron chi connectivity index (χ2n) is 12.2. The van der Waals surface area contributed by atoms with Crippen LogP contribution in [-0.4, -0.2) is 35.8 Å². The second-order valence-corrected chi connectivity index (χ2v) is 13.5. The highest BCUT2D eigenvalue weighted by atomic mass is 79.9. The summed E-state index contributed by atoms with van der Waals surface area (Å²) in [5.41, 5.74) is 0.626. The number of amides is 4. The Bertz CT molecular complexity index is 1850. The number of imide groups is 2. The number of nitrogens with zero attached hydrogens (tertiary/aromatic N) is 2. The summed E-state index contributed by atoms with van der Waals surface area (Å²) in [5.74, 6) is -5.70. The number of aromatic hydroxyl groups is 1. The molecule has 7 rings (SSSR count). The van der Waals surface area contributed by atoms with Crippen molar-refractivity contribution in [3.05, 3.63) is 93.2 Å². The summed E-state index contributed by atoms with van der Waals surface area (Å²) in [7, 11) is 1.43. The molecule has 6 unspecified atom stereocenters. The highest BCUT2D eigenvalue weighted by Crippen LogP contribution is 2.64. The maximum atomic E-state index is 14.5. The van der Waals surface area contributed by atoms with E-state index in [4.69, 9.17) is 16.3 Å². The van der Waals surface area contributed by atoms with E-state index in [9.17, 15) is 28.7 Å². The molecule has 0 spiro atoms. The van der Waals surface area contributed by atoms with E-state index in [1.165, 1.54) is 30.2 Å². The van der Waals surface area contributed by atoms with Gasteiger partial charge in [0.15, 0.2) is 11.5 Å². The van der Waals surface area contributed by atoms with Crippen LogP contribution in [0.25, 0.3) is 0 Å². The van der Waals surface area contributed by atoms with Gasteiger partial charge in [0.1, 0.15) is 5.82 Å². The average molecular weight is 694 g/mol. The van der Waals surface area contributed by atoms with Crippen molar-refractivity contribution < 1.29 is 33.4 Å². The molecule has 3 aromatic rings. The minimum Gasteiger partial charge on any atom is -0.504 e. The van der Waals surface area contributed by atoms with Gasteiger partial charge in [0, 0.05) is 10.4 Å². The first kappa shape index (κ1) is 29.7. The predicted molar refractivity (Wildman–Crippen MR) is 167 cm³/mol. The largest absolute Gasteiger partial charge is 0.504 e. The molecule has 0 bridgehead atoms. The Hall–Kier alpha value is -4.02. The SMILES string of the molecule is COc1ccc(C2C3=CCC4C(=O)N(c5ccc(Br)cc5)C(=O)C4C3CC3C(=O)N(c4ccc(F)c(Cl)c4)C(=O)C32C)cc1O. The maximum Gasteiger partial charge on any atom is 0.241 e. The summed E-state index contributed by atoms with van der Waals surface area (Å²) < 4.78 is 20.1. The third kappa shape index (κ3) is 4.21. The molecule has 1 N–H and O–H groups in total. The molecule has 2 aliphatic heterocycles. The van der Waals surface area contributed by atoms with Gasteiger partial charge in [-0.05, 0) is 85.8 Å². The number of rotatable bonds is 4. The molecule has 0 radical (unpaired) electrons. The van der Waals surface area contributed by atoms with Crippen molar-refractivity contribution in [2.45, 2.75) is 25.7 Å². The third-order valence-corrected chi connectivity index (χ3v) is 10.9. The van der Waals surface area contributed by atoms with E-state index in [-0.39, 0.29) is 46.9 Å². The number of anilines is 2. The number of hydrogen-bond donors (Lipinski definition) is 1. The van der Waals surface area contributed by atoms with E-state index >= 15 is 0 Å². The van der Waals surface area contributed by atoms with Gasteiger partial charge in [-0.15, -0.1) is 0 Å². The zero-order chi connectivity index (χ0) is 31.9. The number of phenolic OH excluding ortho intramolecular Hbond substituents is 1. The first-order chi connectivity index (χ1) is 21.5. The van der Waals surface area contributed by atoms with E-state index in [1.807, 2.05) is 6.08 Å². The first-order valence-corrected chi connectivity index (χ1v) is 15.7. The Morgan fingerprint density at radius 1 is 0.933 bits per heavy atom. The number of ether oxygens (including phenoxy) is 1. The van der Waals surface area contributed by atoms with Gasteiger partial charge < -0.3 is 9.84 Å². The number of methoxy groups -OCH3 is 1.